The van der Waals surface area contributed by atoms with Crippen LogP contribution in [0.2, 0.25) is 0 Å². The fraction of sp³-hybridized carbons (Fsp3) is 0.324. The van der Waals surface area contributed by atoms with Crippen molar-refractivity contribution in [3.63, 3.8) is 0 Å². The molecule has 12 heteroatoms. The van der Waals surface area contributed by atoms with E-state index in [2.05, 4.69) is 20.9 Å². The van der Waals surface area contributed by atoms with E-state index >= 15 is 0 Å². The molecule has 1 aromatic heterocycles. The van der Waals surface area contributed by atoms with E-state index in [1.54, 1.807) is 6.92 Å². The van der Waals surface area contributed by atoms with Crippen LogP contribution >= 0.6 is 0 Å². The highest BCUT2D eigenvalue weighted by atomic mass is 32.2. The minimum atomic E-state index is -3.71. The van der Waals surface area contributed by atoms with Crippen LogP contribution in [0.15, 0.2) is 83.3 Å². The van der Waals surface area contributed by atoms with Crippen molar-refractivity contribution in [3.05, 3.63) is 118 Å². The molecule has 0 radical (unpaired) electrons. The highest BCUT2D eigenvalue weighted by Gasteiger charge is 2.25. The molecular formula is C34H41N5O6S. The Labute approximate surface area is 270 Å². The lowest BCUT2D eigenvalue weighted by molar-refractivity contribution is 0.0829. The maximum Gasteiger partial charge on any atom is 0.251 e. The van der Waals surface area contributed by atoms with Gasteiger partial charge in [0.25, 0.3) is 11.8 Å². The van der Waals surface area contributed by atoms with Gasteiger partial charge in [-0.2, -0.15) is 0 Å². The molecule has 0 aliphatic carbocycles. The first kappa shape index (κ1) is 34.4. The van der Waals surface area contributed by atoms with Crippen molar-refractivity contribution in [1.29, 1.82) is 0 Å². The van der Waals surface area contributed by atoms with Crippen LogP contribution in [-0.2, 0) is 23.0 Å². The van der Waals surface area contributed by atoms with Crippen LogP contribution in [0.25, 0.3) is 0 Å². The predicted molar refractivity (Wildman–Crippen MR) is 177 cm³/mol. The van der Waals surface area contributed by atoms with Crippen LogP contribution < -0.4 is 20.3 Å². The number of amides is 2. The summed E-state index contributed by atoms with van der Waals surface area (Å²) < 4.78 is 31.3. The molecule has 0 aliphatic rings. The van der Waals surface area contributed by atoms with Crippen LogP contribution in [-0.4, -0.2) is 62.3 Å². The quantitative estimate of drug-likeness (QED) is 0.162. The zero-order valence-corrected chi connectivity index (χ0v) is 27.5. The summed E-state index contributed by atoms with van der Waals surface area (Å²) in [5.41, 5.74) is 2.84. The zero-order valence-electron chi connectivity index (χ0n) is 26.7. The van der Waals surface area contributed by atoms with E-state index in [0.29, 0.717) is 24.6 Å². The summed E-state index contributed by atoms with van der Waals surface area (Å²) in [6, 6.07) is 22.0. The fourth-order valence-electron chi connectivity index (χ4n) is 4.97. The molecule has 244 valence electrons. The van der Waals surface area contributed by atoms with Crippen LogP contribution in [0.1, 0.15) is 62.2 Å². The molecule has 2 amide bonds. The third kappa shape index (κ3) is 9.25. The molecule has 0 bridgehead atoms. The number of benzene rings is 3. The molecule has 0 saturated heterocycles. The normalized spacial score (nSPS) is 13.4. The topological polar surface area (TPSA) is 154 Å². The third-order valence-corrected chi connectivity index (χ3v) is 8.88. The van der Waals surface area contributed by atoms with Crippen molar-refractivity contribution in [2.45, 2.75) is 51.9 Å². The molecule has 4 aromatic rings. The van der Waals surface area contributed by atoms with Crippen molar-refractivity contribution in [3.8, 4) is 0 Å². The number of aryl methyl sites for hydroxylation is 2. The van der Waals surface area contributed by atoms with Gasteiger partial charge in [-0.3, -0.25) is 13.9 Å². The lowest BCUT2D eigenvalue weighted by Gasteiger charge is -2.25. The number of sulfonamides is 1. The van der Waals surface area contributed by atoms with Gasteiger partial charge in [-0.15, -0.1) is 0 Å². The molecule has 0 unspecified atom stereocenters. The minimum Gasteiger partial charge on any atom is -0.446 e. The second-order valence-electron chi connectivity index (χ2n) is 11.3. The van der Waals surface area contributed by atoms with E-state index in [9.17, 15) is 23.1 Å². The first-order valence-corrected chi connectivity index (χ1v) is 16.8. The maximum atomic E-state index is 13.8. The Morgan fingerprint density at radius 2 is 1.52 bits per heavy atom. The van der Waals surface area contributed by atoms with Crippen LogP contribution in [0.4, 0.5) is 5.69 Å². The molecule has 0 saturated carbocycles. The lowest BCUT2D eigenvalue weighted by Crippen LogP contribution is -2.48. The number of aliphatic hydroxyl groups excluding tert-OH is 1. The average molecular weight is 648 g/mol. The SMILES string of the molecule is Cc1nc(CNC[C@@H](O)[C@H](Cc2ccccc2)NC(=O)c2cc(C(=O)N[C@H](C)c3ccccc3)cc(N(C)S(C)(=O)=O)c2)c(C)o1. The Morgan fingerprint density at radius 1 is 0.935 bits per heavy atom. The van der Waals surface area contributed by atoms with E-state index < -0.39 is 34.0 Å². The van der Waals surface area contributed by atoms with E-state index in [1.165, 1.54) is 25.2 Å². The monoisotopic (exact) mass is 647 g/mol. The first-order chi connectivity index (χ1) is 21.8. The number of anilines is 1. The van der Waals surface area contributed by atoms with Crippen molar-refractivity contribution in [2.24, 2.45) is 0 Å². The van der Waals surface area contributed by atoms with Crippen LogP contribution in [0, 0.1) is 13.8 Å². The number of carbonyl (C=O) groups excluding carboxylic acids is 2. The molecule has 0 aliphatic heterocycles. The molecule has 3 atom stereocenters. The molecule has 46 heavy (non-hydrogen) atoms. The van der Waals surface area contributed by atoms with E-state index in [0.717, 1.165) is 27.4 Å². The number of nitrogens with one attached hydrogen (secondary N) is 3. The Bertz CT molecular complexity index is 1740. The van der Waals surface area contributed by atoms with Crippen LogP contribution in [0.3, 0.4) is 0 Å². The van der Waals surface area contributed by atoms with Gasteiger partial charge in [-0.05, 0) is 49.6 Å². The standard InChI is InChI=1S/C34H41N5O6S/c1-22(26-14-10-7-11-15-26)36-33(41)27-17-28(19-29(18-27)39(4)46(5,43)44)34(42)38-30(16-25-12-8-6-9-13-25)32(40)21-35-20-31-23(2)45-24(3)37-31/h6-15,17-19,22,30,32,35,40H,16,20-21H2,1-5H3,(H,36,41)(H,38,42)/t22-,30+,32-/m1/s1. The molecule has 1 heterocycles. The van der Waals surface area contributed by atoms with E-state index in [4.69, 9.17) is 4.42 Å². The first-order valence-electron chi connectivity index (χ1n) is 14.9. The second-order valence-corrected chi connectivity index (χ2v) is 13.3. The fourth-order valence-corrected chi connectivity index (χ4v) is 5.46. The van der Waals surface area contributed by atoms with Gasteiger partial charge in [0, 0.05) is 38.2 Å². The number of rotatable bonds is 14. The zero-order chi connectivity index (χ0) is 33.4. The highest BCUT2D eigenvalue weighted by Crippen LogP contribution is 2.22. The molecule has 4 N–H and O–H groups in total. The van der Waals surface area contributed by atoms with Gasteiger partial charge in [0.2, 0.25) is 10.0 Å². The van der Waals surface area contributed by atoms with Gasteiger partial charge in [-0.25, -0.2) is 13.4 Å². The molecule has 11 nitrogen and oxygen atoms in total. The maximum absolute atomic E-state index is 13.8. The Kier molecular flexibility index (Phi) is 11.3. The Hall–Kier alpha value is -4.52. The summed E-state index contributed by atoms with van der Waals surface area (Å²) in [4.78, 5) is 31.5. The second kappa shape index (κ2) is 15.2. The van der Waals surface area contributed by atoms with Crippen molar-refractivity contribution in [1.82, 2.24) is 20.9 Å². The average Bonchev–Trinajstić information content (AvgIpc) is 3.36. The number of aliphatic hydroxyl groups is 1. The van der Waals surface area contributed by atoms with Crippen molar-refractivity contribution in [2.75, 3.05) is 24.2 Å². The molecule has 0 fully saturated rings. The summed E-state index contributed by atoms with van der Waals surface area (Å²) in [7, 11) is -2.36. The highest BCUT2D eigenvalue weighted by molar-refractivity contribution is 7.92. The third-order valence-electron chi connectivity index (χ3n) is 7.68. The number of oxazole rings is 1. The Morgan fingerprint density at radius 3 is 2.09 bits per heavy atom. The number of hydrogen-bond acceptors (Lipinski definition) is 8. The summed E-state index contributed by atoms with van der Waals surface area (Å²) in [6.07, 6.45) is 0.356. The molecular weight excluding hydrogens is 606 g/mol. The molecule has 3 aromatic carbocycles. The summed E-state index contributed by atoms with van der Waals surface area (Å²) in [5.74, 6) is 0.190. The number of carbonyl (C=O) groups is 2. The summed E-state index contributed by atoms with van der Waals surface area (Å²) in [5, 5.41) is 20.3. The van der Waals surface area contributed by atoms with Gasteiger partial charge in [-0.1, -0.05) is 60.7 Å². The van der Waals surface area contributed by atoms with Crippen LogP contribution in [0.5, 0.6) is 0 Å². The number of aromatic nitrogens is 1. The van der Waals surface area contributed by atoms with E-state index in [1.807, 2.05) is 74.5 Å². The number of nitrogens with zero attached hydrogens (tertiary/aromatic N) is 2. The van der Waals surface area contributed by atoms with Gasteiger partial charge in [0.1, 0.15) is 5.76 Å². The summed E-state index contributed by atoms with van der Waals surface area (Å²) >= 11 is 0. The lowest BCUT2D eigenvalue weighted by atomic mass is 10.00. The van der Waals surface area contributed by atoms with Gasteiger partial charge < -0.3 is 25.5 Å². The Balaban J connectivity index is 1.58. The molecule has 0 spiro atoms. The van der Waals surface area contributed by atoms with Crippen molar-refractivity contribution >= 4 is 27.5 Å². The largest absolute Gasteiger partial charge is 0.446 e. The minimum absolute atomic E-state index is 0.0671. The van der Waals surface area contributed by atoms with E-state index in [-0.39, 0.29) is 29.4 Å². The molecule has 4 rings (SSSR count). The van der Waals surface area contributed by atoms with Gasteiger partial charge >= 0.3 is 0 Å². The smallest absolute Gasteiger partial charge is 0.251 e. The number of hydrogen-bond donors (Lipinski definition) is 4. The van der Waals surface area contributed by atoms with Gasteiger partial charge in [0.15, 0.2) is 5.89 Å². The summed E-state index contributed by atoms with van der Waals surface area (Å²) in [6.45, 7) is 5.93. The van der Waals surface area contributed by atoms with Gasteiger partial charge in [0.05, 0.1) is 35.8 Å². The predicted octanol–water partition coefficient (Wildman–Crippen LogP) is 3.67. The van der Waals surface area contributed by atoms with Crippen molar-refractivity contribution < 1.29 is 27.5 Å².